The van der Waals surface area contributed by atoms with E-state index in [0.29, 0.717) is 44.5 Å². The first-order valence-electron chi connectivity index (χ1n) is 31.4. The SMILES string of the molecule is O=C1c2ccccc2-c2ccccc2C(=O)N2Cc3ccc(cc3)-c3cccc(c3)-c3ccc(cc3)CN3Cc4cccc(c4)CN1Cc1ccc(cc1)-c1cccc(c1)-c1ccc(cc1)CN(Cc1cccc(c1)C2)C(=O)c1ccccc1-c1ccccc1C3=O. The summed E-state index contributed by atoms with van der Waals surface area (Å²) in [5.41, 5.74) is 20.1. The molecule has 12 aromatic rings. The van der Waals surface area contributed by atoms with Crippen molar-refractivity contribution < 1.29 is 19.2 Å². The van der Waals surface area contributed by atoms with Crippen molar-refractivity contribution in [1.82, 2.24) is 19.6 Å². The number of carbonyl (C=O) groups is 4. The smallest absolute Gasteiger partial charge is 0.255 e. The molecular formula is C84H64N4O4. The number of carbonyl (C=O) groups excluding carboxylic acids is 4. The number of hydrogen-bond acceptors (Lipinski definition) is 4. The minimum absolute atomic E-state index is 0.198. The summed E-state index contributed by atoms with van der Waals surface area (Å²) in [5, 5.41) is 0. The first kappa shape index (κ1) is 57.0. The van der Waals surface area contributed by atoms with Crippen LogP contribution in [-0.4, -0.2) is 43.2 Å². The maximum Gasteiger partial charge on any atom is 0.255 e. The van der Waals surface area contributed by atoms with E-state index < -0.39 is 0 Å². The lowest BCUT2D eigenvalue weighted by atomic mass is 9.93. The van der Waals surface area contributed by atoms with E-state index in [-0.39, 0.29) is 76.0 Å². The molecule has 8 nitrogen and oxygen atoms in total. The fourth-order valence-electron chi connectivity index (χ4n) is 13.5. The highest BCUT2D eigenvalue weighted by Gasteiger charge is 2.29. The first-order chi connectivity index (χ1) is 45.2. The molecule has 0 radical (unpaired) electrons. The van der Waals surface area contributed by atoms with E-state index in [1.54, 1.807) is 0 Å². The van der Waals surface area contributed by atoms with Crippen LogP contribution in [0.5, 0.6) is 0 Å². The molecule has 0 atom stereocenters. The van der Waals surface area contributed by atoms with Crippen LogP contribution in [0.4, 0.5) is 0 Å². The van der Waals surface area contributed by atoms with Gasteiger partial charge in [-0.1, -0.05) is 255 Å². The van der Waals surface area contributed by atoms with Gasteiger partial charge in [-0.15, -0.1) is 0 Å². The monoisotopic (exact) mass is 1190 g/mol. The quantitative estimate of drug-likeness (QED) is 0.151. The molecular weight excluding hydrogens is 1130 g/mol. The van der Waals surface area contributed by atoms with E-state index >= 15 is 19.2 Å². The van der Waals surface area contributed by atoms with Gasteiger partial charge in [0.2, 0.25) is 0 Å². The molecule has 0 spiro atoms. The molecule has 0 fully saturated rings. The van der Waals surface area contributed by atoms with Crippen LogP contribution >= 0.6 is 0 Å². The second-order valence-electron chi connectivity index (χ2n) is 24.4. The third-order valence-electron chi connectivity index (χ3n) is 18.2. The fourth-order valence-corrected chi connectivity index (χ4v) is 13.5. The van der Waals surface area contributed by atoms with E-state index in [2.05, 4.69) is 158 Å². The van der Waals surface area contributed by atoms with Gasteiger partial charge >= 0.3 is 0 Å². The summed E-state index contributed by atoms with van der Waals surface area (Å²) in [6.07, 6.45) is 0. The van der Waals surface area contributed by atoms with Gasteiger partial charge in [-0.25, -0.2) is 0 Å². The lowest BCUT2D eigenvalue weighted by Crippen LogP contribution is -2.32. The minimum Gasteiger partial charge on any atom is -0.330 e. The molecule has 0 unspecified atom stereocenters. The number of amides is 4. The fraction of sp³-hybridized carbons (Fsp3) is 0.0952. The molecule has 12 aromatic carbocycles. The van der Waals surface area contributed by atoms with E-state index in [9.17, 15) is 0 Å². The summed E-state index contributed by atoms with van der Waals surface area (Å²) in [5.74, 6) is -0.793. The predicted molar refractivity (Wildman–Crippen MR) is 366 cm³/mol. The Morgan fingerprint density at radius 2 is 0.359 bits per heavy atom. The largest absolute Gasteiger partial charge is 0.330 e. The molecule has 25 rings (SSSR count). The van der Waals surface area contributed by atoms with Crippen LogP contribution < -0.4 is 0 Å². The summed E-state index contributed by atoms with van der Waals surface area (Å²) >= 11 is 0. The Balaban J connectivity index is 0.980. The van der Waals surface area contributed by atoms with Crippen molar-refractivity contribution in [2.45, 2.75) is 52.4 Å². The van der Waals surface area contributed by atoms with Gasteiger partial charge in [-0.3, -0.25) is 19.2 Å². The molecule has 0 N–H and O–H groups in total. The highest BCUT2D eigenvalue weighted by atomic mass is 16.2. The van der Waals surface area contributed by atoms with Crippen molar-refractivity contribution in [1.29, 1.82) is 0 Å². The van der Waals surface area contributed by atoms with Gasteiger partial charge in [0.25, 0.3) is 23.6 Å². The summed E-state index contributed by atoms with van der Waals surface area (Å²) in [4.78, 5) is 71.5. The zero-order valence-electron chi connectivity index (χ0n) is 50.8. The lowest BCUT2D eigenvalue weighted by molar-refractivity contribution is 0.0718. The molecule has 13 heterocycles. The number of nitrogens with zero attached hydrogens (tertiary/aromatic N) is 4. The summed E-state index contributed by atoms with van der Waals surface area (Å²) in [6.45, 7) is 2.04. The van der Waals surface area contributed by atoms with Crippen LogP contribution in [0.1, 0.15) is 85.9 Å². The van der Waals surface area contributed by atoms with Crippen LogP contribution in [0.25, 0.3) is 66.8 Å². The van der Waals surface area contributed by atoms with Crippen LogP contribution in [-0.2, 0) is 52.4 Å². The average molecular weight is 1190 g/mol. The Bertz CT molecular complexity index is 4210. The number of rotatable bonds is 0. The number of benzene rings is 12. The van der Waals surface area contributed by atoms with Crippen molar-refractivity contribution in [3.05, 3.63) is 358 Å². The van der Waals surface area contributed by atoms with E-state index in [4.69, 9.17) is 0 Å². The molecule has 444 valence electrons. The average Bonchev–Trinajstić information content (AvgIpc) is 0.942. The third kappa shape index (κ3) is 11.7. The standard InChI is InChI=1S/C84H64N4O4/c89-81-77-25-5-1-21-73(77)74-22-2-6-26-78(74)82(90)86-50-58-31-39-66(40-32-58)70-18-12-20-72(48-70)68-41-33-59(34-42-68)51-87-55-63-15-9-13-61(45-63)53-85(81)49-57-29-37-65(38-30-57)69-17-11-19-71(47-69)67-43-35-60(36-44-67)52-88(56-64-16-10-14-62(46-64)54-86)84(92)80-28-8-4-24-76(80)75-23-3-7-27-79(75)83(87)91/h1-48H,49-56H2. The van der Waals surface area contributed by atoms with Crippen molar-refractivity contribution in [2.24, 2.45) is 0 Å². The molecule has 0 aromatic heterocycles. The second-order valence-corrected chi connectivity index (χ2v) is 24.4. The highest BCUT2D eigenvalue weighted by molar-refractivity contribution is 6.08. The van der Waals surface area contributed by atoms with E-state index in [1.807, 2.05) is 153 Å². The van der Waals surface area contributed by atoms with Gasteiger partial charge < -0.3 is 19.6 Å². The molecule has 20 bridgehead atoms. The van der Waals surface area contributed by atoms with Crippen molar-refractivity contribution in [3.8, 4) is 66.8 Å². The number of hydrogen-bond donors (Lipinski definition) is 0. The normalized spacial score (nSPS) is 14.2. The highest BCUT2D eigenvalue weighted by Crippen LogP contribution is 2.36. The Labute approximate surface area is 536 Å². The summed E-state index contributed by atoms with van der Waals surface area (Å²) in [6, 6.07) is 97.8. The zero-order valence-corrected chi connectivity index (χ0v) is 50.8. The van der Waals surface area contributed by atoms with Crippen molar-refractivity contribution >= 4 is 23.6 Å². The molecule has 8 heteroatoms. The molecule has 0 saturated heterocycles. The van der Waals surface area contributed by atoms with Gasteiger partial charge in [-0.2, -0.15) is 0 Å². The van der Waals surface area contributed by atoms with Crippen LogP contribution in [0.2, 0.25) is 0 Å². The summed E-state index contributed by atoms with van der Waals surface area (Å²) < 4.78 is 0. The Morgan fingerprint density at radius 1 is 0.163 bits per heavy atom. The van der Waals surface area contributed by atoms with Gasteiger partial charge in [0, 0.05) is 74.6 Å². The molecule has 4 amide bonds. The molecule has 13 aliphatic rings. The van der Waals surface area contributed by atoms with Crippen LogP contribution in [0, 0.1) is 0 Å². The summed E-state index contributed by atoms with van der Waals surface area (Å²) in [7, 11) is 0. The van der Waals surface area contributed by atoms with E-state index in [1.165, 1.54) is 0 Å². The molecule has 0 aliphatic carbocycles. The van der Waals surface area contributed by atoms with Crippen molar-refractivity contribution in [3.63, 3.8) is 0 Å². The second kappa shape index (κ2) is 24.8. The Kier molecular flexibility index (Phi) is 15.4. The topological polar surface area (TPSA) is 81.2 Å². The maximum atomic E-state index is 16.0. The van der Waals surface area contributed by atoms with Gasteiger partial charge in [-0.05, 0) is 148 Å². The Hall–Kier alpha value is -11.5. The van der Waals surface area contributed by atoms with Crippen LogP contribution in [0.3, 0.4) is 0 Å². The van der Waals surface area contributed by atoms with Crippen molar-refractivity contribution in [2.75, 3.05) is 0 Å². The molecule has 13 aliphatic heterocycles. The lowest BCUT2D eigenvalue weighted by Gasteiger charge is -2.28. The molecule has 0 saturated carbocycles. The molecule has 92 heavy (non-hydrogen) atoms. The van der Waals surface area contributed by atoms with Gasteiger partial charge in [0.05, 0.1) is 0 Å². The van der Waals surface area contributed by atoms with Gasteiger partial charge in [0.1, 0.15) is 0 Å². The first-order valence-corrected chi connectivity index (χ1v) is 31.4. The predicted octanol–water partition coefficient (Wildman–Crippen LogP) is 18.0. The van der Waals surface area contributed by atoms with E-state index in [0.717, 1.165) is 89.0 Å². The third-order valence-corrected chi connectivity index (χ3v) is 18.2. The van der Waals surface area contributed by atoms with Gasteiger partial charge in [0.15, 0.2) is 0 Å². The zero-order chi connectivity index (χ0) is 62.1. The maximum absolute atomic E-state index is 16.0. The Morgan fingerprint density at radius 3 is 0.587 bits per heavy atom. The minimum atomic E-state index is -0.198. The van der Waals surface area contributed by atoms with Crippen LogP contribution in [0.15, 0.2) is 291 Å².